The zero-order valence-electron chi connectivity index (χ0n) is 13.1. The van der Waals surface area contributed by atoms with Crippen molar-refractivity contribution in [2.24, 2.45) is 0 Å². The van der Waals surface area contributed by atoms with E-state index in [4.69, 9.17) is 14.2 Å². The third-order valence-corrected chi connectivity index (χ3v) is 3.11. The molecule has 0 heterocycles. The van der Waals surface area contributed by atoms with Gasteiger partial charge in [0.15, 0.2) is 0 Å². The number of likely N-dealkylation sites (N-methyl/N-ethyl adjacent to an activating group) is 1. The molecule has 0 amide bonds. The molecule has 1 atom stereocenters. The lowest BCUT2D eigenvalue weighted by Gasteiger charge is -2.15. The van der Waals surface area contributed by atoms with E-state index in [1.807, 2.05) is 24.3 Å². The second-order valence-electron chi connectivity index (χ2n) is 4.62. The largest absolute Gasteiger partial charge is 0.494 e. The van der Waals surface area contributed by atoms with E-state index in [9.17, 15) is 4.79 Å². The maximum atomic E-state index is 11.6. The van der Waals surface area contributed by atoms with Crippen molar-refractivity contribution in [3.8, 4) is 5.75 Å². The van der Waals surface area contributed by atoms with Crippen LogP contribution in [0.4, 0.5) is 0 Å². The van der Waals surface area contributed by atoms with E-state index < -0.39 is 0 Å². The van der Waals surface area contributed by atoms with Crippen molar-refractivity contribution in [2.75, 3.05) is 34.0 Å². The minimum absolute atomic E-state index is 0.237. The predicted molar refractivity (Wildman–Crippen MR) is 81.6 cm³/mol. The minimum Gasteiger partial charge on any atom is -0.494 e. The quantitative estimate of drug-likeness (QED) is 0.667. The average molecular weight is 295 g/mol. The molecule has 0 fully saturated rings. The van der Waals surface area contributed by atoms with Crippen LogP contribution >= 0.6 is 0 Å². The summed E-state index contributed by atoms with van der Waals surface area (Å²) in [5, 5.41) is 2.94. The van der Waals surface area contributed by atoms with Crippen molar-refractivity contribution in [3.05, 3.63) is 29.8 Å². The van der Waals surface area contributed by atoms with Gasteiger partial charge in [0.05, 0.1) is 19.8 Å². The van der Waals surface area contributed by atoms with Crippen molar-refractivity contribution in [1.82, 2.24) is 5.32 Å². The number of hydrogen-bond donors (Lipinski definition) is 1. The molecule has 0 aliphatic heterocycles. The molecule has 1 aromatic carbocycles. The number of ether oxygens (including phenoxy) is 3. The highest BCUT2D eigenvalue weighted by molar-refractivity contribution is 5.75. The zero-order chi connectivity index (χ0) is 15.5. The van der Waals surface area contributed by atoms with Gasteiger partial charge >= 0.3 is 5.97 Å². The molecule has 1 N–H and O–H groups in total. The van der Waals surface area contributed by atoms with Gasteiger partial charge in [0.25, 0.3) is 0 Å². The topological polar surface area (TPSA) is 56.8 Å². The highest BCUT2D eigenvalue weighted by Gasteiger charge is 2.17. The summed E-state index contributed by atoms with van der Waals surface area (Å²) >= 11 is 0. The first kappa shape index (κ1) is 17.5. The summed E-state index contributed by atoms with van der Waals surface area (Å²) in [5.74, 6) is 0.563. The molecule has 1 unspecified atom stereocenters. The highest BCUT2D eigenvalue weighted by atomic mass is 16.5. The van der Waals surface area contributed by atoms with Crippen LogP contribution < -0.4 is 10.1 Å². The van der Waals surface area contributed by atoms with Gasteiger partial charge in [0.2, 0.25) is 0 Å². The van der Waals surface area contributed by atoms with Crippen LogP contribution in [-0.4, -0.2) is 46.0 Å². The molecular weight excluding hydrogens is 270 g/mol. The lowest BCUT2D eigenvalue weighted by Crippen LogP contribution is -2.36. The summed E-state index contributed by atoms with van der Waals surface area (Å²) in [6, 6.07) is 7.59. The molecule has 0 saturated heterocycles. The van der Waals surface area contributed by atoms with Crippen molar-refractivity contribution in [2.45, 2.75) is 25.8 Å². The summed E-state index contributed by atoms with van der Waals surface area (Å²) in [5.41, 5.74) is 1.21. The summed E-state index contributed by atoms with van der Waals surface area (Å²) in [6.07, 6.45) is 1.46. The average Bonchev–Trinajstić information content (AvgIpc) is 2.51. The van der Waals surface area contributed by atoms with Crippen molar-refractivity contribution in [1.29, 1.82) is 0 Å². The Kier molecular flexibility index (Phi) is 8.47. The molecule has 0 aliphatic rings. The van der Waals surface area contributed by atoms with E-state index in [-0.39, 0.29) is 12.0 Å². The molecular formula is C16H25NO4. The normalized spacial score (nSPS) is 12.0. The van der Waals surface area contributed by atoms with Crippen LogP contribution in [0.2, 0.25) is 0 Å². The number of benzene rings is 1. The number of carbonyl (C=O) groups excluding carboxylic acids is 1. The van der Waals surface area contributed by atoms with E-state index in [2.05, 4.69) is 5.32 Å². The third kappa shape index (κ3) is 6.60. The molecule has 118 valence electrons. The molecule has 0 aromatic heterocycles. The molecule has 5 nitrogen and oxygen atoms in total. The number of hydrogen-bond acceptors (Lipinski definition) is 5. The van der Waals surface area contributed by atoms with Gasteiger partial charge in [0.1, 0.15) is 11.8 Å². The molecule has 1 aromatic rings. The third-order valence-electron chi connectivity index (χ3n) is 3.11. The lowest BCUT2D eigenvalue weighted by atomic mass is 10.1. The summed E-state index contributed by atoms with van der Waals surface area (Å²) < 4.78 is 15.7. The summed E-state index contributed by atoms with van der Waals surface area (Å²) in [7, 11) is 3.44. The van der Waals surface area contributed by atoms with Crippen molar-refractivity contribution >= 4 is 5.97 Å². The van der Waals surface area contributed by atoms with Gasteiger partial charge in [-0.1, -0.05) is 12.1 Å². The second-order valence-corrected chi connectivity index (χ2v) is 4.62. The van der Waals surface area contributed by atoms with E-state index in [1.54, 1.807) is 21.1 Å². The summed E-state index contributed by atoms with van der Waals surface area (Å²) in [4.78, 5) is 11.6. The zero-order valence-corrected chi connectivity index (χ0v) is 13.1. The Bertz CT molecular complexity index is 405. The Balaban J connectivity index is 2.35. The van der Waals surface area contributed by atoms with E-state index in [0.717, 1.165) is 12.2 Å². The molecule has 0 spiro atoms. The first-order chi connectivity index (χ1) is 10.2. The molecule has 1 rings (SSSR count). The summed E-state index contributed by atoms with van der Waals surface area (Å²) in [6.45, 7) is 3.36. The fourth-order valence-electron chi connectivity index (χ4n) is 1.89. The smallest absolute Gasteiger partial charge is 0.323 e. The van der Waals surface area contributed by atoms with Crippen LogP contribution in [0.1, 0.15) is 18.9 Å². The van der Waals surface area contributed by atoms with Crippen LogP contribution in [-0.2, 0) is 20.7 Å². The molecule has 21 heavy (non-hydrogen) atoms. The monoisotopic (exact) mass is 295 g/mol. The Labute approximate surface area is 126 Å². The predicted octanol–water partition coefficient (Wildman–Crippen LogP) is 1.80. The molecule has 5 heteroatoms. The maximum Gasteiger partial charge on any atom is 0.323 e. The lowest BCUT2D eigenvalue weighted by molar-refractivity contribution is -0.145. The van der Waals surface area contributed by atoms with Crippen LogP contribution in [0, 0.1) is 0 Å². The van der Waals surface area contributed by atoms with Crippen molar-refractivity contribution in [3.63, 3.8) is 0 Å². The number of nitrogens with one attached hydrogen (secondary N) is 1. The SMILES string of the molecule is CCOC(=O)C(CCOc1ccc(CCOC)cc1)NC. The Morgan fingerprint density at radius 1 is 1.24 bits per heavy atom. The molecule has 0 saturated carbocycles. The maximum absolute atomic E-state index is 11.6. The molecule has 0 aliphatic carbocycles. The number of esters is 1. The fraction of sp³-hybridized carbons (Fsp3) is 0.562. The fourth-order valence-corrected chi connectivity index (χ4v) is 1.89. The second kappa shape index (κ2) is 10.2. The Morgan fingerprint density at radius 2 is 1.95 bits per heavy atom. The van der Waals surface area contributed by atoms with Gasteiger partial charge in [0, 0.05) is 13.5 Å². The van der Waals surface area contributed by atoms with Gasteiger partial charge in [-0.05, 0) is 38.1 Å². The van der Waals surface area contributed by atoms with Gasteiger partial charge in [-0.2, -0.15) is 0 Å². The van der Waals surface area contributed by atoms with E-state index >= 15 is 0 Å². The van der Waals surface area contributed by atoms with Crippen LogP contribution in [0.15, 0.2) is 24.3 Å². The first-order valence-corrected chi connectivity index (χ1v) is 7.25. The van der Waals surface area contributed by atoms with Gasteiger partial charge in [-0.15, -0.1) is 0 Å². The number of carbonyl (C=O) groups is 1. The van der Waals surface area contributed by atoms with Crippen LogP contribution in [0.3, 0.4) is 0 Å². The Hall–Kier alpha value is -1.59. The first-order valence-electron chi connectivity index (χ1n) is 7.25. The van der Waals surface area contributed by atoms with Crippen LogP contribution in [0.25, 0.3) is 0 Å². The van der Waals surface area contributed by atoms with Gasteiger partial charge in [-0.3, -0.25) is 4.79 Å². The van der Waals surface area contributed by atoms with Gasteiger partial charge in [-0.25, -0.2) is 0 Å². The van der Waals surface area contributed by atoms with Crippen LogP contribution in [0.5, 0.6) is 5.75 Å². The van der Waals surface area contributed by atoms with Gasteiger partial charge < -0.3 is 19.5 Å². The highest BCUT2D eigenvalue weighted by Crippen LogP contribution is 2.13. The molecule has 0 bridgehead atoms. The number of rotatable bonds is 10. The molecule has 0 radical (unpaired) electrons. The standard InChI is InChI=1S/C16H25NO4/c1-4-20-16(18)15(17-2)10-12-21-14-7-5-13(6-8-14)9-11-19-3/h5-8,15,17H,4,9-12H2,1-3H3. The van der Waals surface area contributed by atoms with E-state index in [0.29, 0.717) is 26.2 Å². The van der Waals surface area contributed by atoms with Crippen molar-refractivity contribution < 1.29 is 19.0 Å². The Morgan fingerprint density at radius 3 is 2.52 bits per heavy atom. The minimum atomic E-state index is -0.328. The number of methoxy groups -OCH3 is 1. The van der Waals surface area contributed by atoms with E-state index in [1.165, 1.54) is 5.56 Å².